The van der Waals surface area contributed by atoms with Crippen LogP contribution in [0, 0.1) is 5.82 Å². The van der Waals surface area contributed by atoms with Crippen molar-refractivity contribution in [1.82, 2.24) is 4.90 Å². The molecule has 0 radical (unpaired) electrons. The molecule has 0 aromatic heterocycles. The summed E-state index contributed by atoms with van der Waals surface area (Å²) in [6.07, 6.45) is 1.06. The summed E-state index contributed by atoms with van der Waals surface area (Å²) in [5.74, 6) is -0.305. The molecule has 5 heteroatoms. The Labute approximate surface area is 132 Å². The molecule has 0 saturated carbocycles. The van der Waals surface area contributed by atoms with Gasteiger partial charge in [-0.1, -0.05) is 26.1 Å². The van der Waals surface area contributed by atoms with E-state index in [1.165, 1.54) is 12.1 Å². The molecule has 1 aromatic carbocycles. The number of hydrogen-bond acceptors (Lipinski definition) is 3. The first-order valence-corrected chi connectivity index (χ1v) is 8.00. The molecule has 0 aliphatic rings. The van der Waals surface area contributed by atoms with Crippen molar-refractivity contribution in [1.29, 1.82) is 0 Å². The Balaban J connectivity index is 2.78. The van der Waals surface area contributed by atoms with Crippen molar-refractivity contribution in [3.63, 3.8) is 0 Å². The molecule has 21 heavy (non-hydrogen) atoms. The monoisotopic (exact) mass is 311 g/mol. The summed E-state index contributed by atoms with van der Waals surface area (Å²) < 4.78 is 13.4. The molecular weight excluding hydrogens is 285 g/mol. The van der Waals surface area contributed by atoms with Crippen LogP contribution in [0.1, 0.15) is 32.8 Å². The molecule has 1 aromatic rings. The summed E-state index contributed by atoms with van der Waals surface area (Å²) in [6, 6.07) is 4.65. The molecule has 0 aliphatic carbocycles. The maximum Gasteiger partial charge on any atom is 0.124 e. The Morgan fingerprint density at radius 1 is 1.14 bits per heavy atom. The molecule has 0 spiro atoms. The Morgan fingerprint density at radius 3 is 2.33 bits per heavy atom. The smallest absolute Gasteiger partial charge is 0.124 e. The Kier molecular flexibility index (Phi) is 7.61. The Hall–Kier alpha value is -1.20. The lowest BCUT2D eigenvalue weighted by Gasteiger charge is -2.27. The summed E-state index contributed by atoms with van der Waals surface area (Å²) in [6.45, 7) is 11.4. The van der Waals surface area contributed by atoms with E-state index in [1.54, 1.807) is 6.07 Å². The number of rotatable bonds is 9. The van der Waals surface area contributed by atoms with Crippen molar-refractivity contribution in [2.24, 2.45) is 5.73 Å². The van der Waals surface area contributed by atoms with Crippen LogP contribution >= 0.6 is 12.2 Å². The van der Waals surface area contributed by atoms with E-state index in [4.69, 9.17) is 18.0 Å². The minimum atomic E-state index is -0.305. The second kappa shape index (κ2) is 8.95. The highest BCUT2D eigenvalue weighted by molar-refractivity contribution is 7.80. The van der Waals surface area contributed by atoms with E-state index in [2.05, 4.69) is 30.6 Å². The molecule has 3 nitrogen and oxygen atoms in total. The lowest BCUT2D eigenvalue weighted by Crippen LogP contribution is -2.31. The molecule has 0 aliphatic heterocycles. The van der Waals surface area contributed by atoms with Crippen molar-refractivity contribution < 1.29 is 4.39 Å². The van der Waals surface area contributed by atoms with Gasteiger partial charge in [0.15, 0.2) is 0 Å². The largest absolute Gasteiger partial charge is 0.389 e. The van der Waals surface area contributed by atoms with Gasteiger partial charge in [-0.15, -0.1) is 0 Å². The molecule has 2 N–H and O–H groups in total. The standard InChI is InChI=1S/C16H26FN3S/c1-4-19(5-2)10-7-11-20(6-3)15-9-8-13(17)12-14(15)16(18)21/h8-9,12H,4-7,10-11H2,1-3H3,(H2,18,21). The first-order valence-electron chi connectivity index (χ1n) is 7.60. The summed E-state index contributed by atoms with van der Waals surface area (Å²) >= 11 is 5.04. The van der Waals surface area contributed by atoms with Gasteiger partial charge < -0.3 is 15.5 Å². The van der Waals surface area contributed by atoms with Crippen LogP contribution in [0.4, 0.5) is 10.1 Å². The van der Waals surface area contributed by atoms with Crippen molar-refractivity contribution in [2.45, 2.75) is 27.2 Å². The maximum atomic E-state index is 13.4. The Morgan fingerprint density at radius 2 is 1.81 bits per heavy atom. The minimum Gasteiger partial charge on any atom is -0.389 e. The first kappa shape index (κ1) is 17.9. The summed E-state index contributed by atoms with van der Waals surface area (Å²) in [5.41, 5.74) is 7.27. The van der Waals surface area contributed by atoms with E-state index in [0.717, 1.165) is 44.8 Å². The third kappa shape index (κ3) is 5.25. The van der Waals surface area contributed by atoms with Gasteiger partial charge in [-0.2, -0.15) is 0 Å². The molecule has 0 fully saturated rings. The van der Waals surface area contributed by atoms with Crippen molar-refractivity contribution in [3.8, 4) is 0 Å². The fourth-order valence-electron chi connectivity index (χ4n) is 2.46. The summed E-state index contributed by atoms with van der Waals surface area (Å²) in [7, 11) is 0. The fourth-order valence-corrected chi connectivity index (χ4v) is 2.62. The highest BCUT2D eigenvalue weighted by Crippen LogP contribution is 2.22. The maximum absolute atomic E-state index is 13.4. The minimum absolute atomic E-state index is 0.242. The molecule has 0 heterocycles. The third-order valence-corrected chi connectivity index (χ3v) is 3.96. The van der Waals surface area contributed by atoms with Crippen molar-refractivity contribution in [3.05, 3.63) is 29.6 Å². The predicted octanol–water partition coefficient (Wildman–Crippen LogP) is 3.02. The zero-order valence-electron chi connectivity index (χ0n) is 13.2. The summed E-state index contributed by atoms with van der Waals surface area (Å²) in [5, 5.41) is 0. The lowest BCUT2D eigenvalue weighted by atomic mass is 10.1. The van der Waals surface area contributed by atoms with E-state index in [9.17, 15) is 4.39 Å². The van der Waals surface area contributed by atoms with Gasteiger partial charge in [-0.3, -0.25) is 0 Å². The van der Waals surface area contributed by atoms with E-state index >= 15 is 0 Å². The molecule has 1 rings (SSSR count). The van der Waals surface area contributed by atoms with Crippen LogP contribution in [0.5, 0.6) is 0 Å². The molecule has 118 valence electrons. The number of halogens is 1. The highest BCUT2D eigenvalue weighted by atomic mass is 32.1. The molecule has 0 amide bonds. The van der Waals surface area contributed by atoms with Crippen molar-refractivity contribution in [2.75, 3.05) is 37.6 Å². The topological polar surface area (TPSA) is 32.5 Å². The normalized spacial score (nSPS) is 10.9. The van der Waals surface area contributed by atoms with Crippen LogP contribution in [0.2, 0.25) is 0 Å². The molecule has 0 atom stereocenters. The highest BCUT2D eigenvalue weighted by Gasteiger charge is 2.13. The number of thiocarbonyl (C=S) groups is 1. The molecule has 0 saturated heterocycles. The van der Waals surface area contributed by atoms with Gasteiger partial charge in [-0.05, 0) is 51.2 Å². The molecule has 0 bridgehead atoms. The van der Waals surface area contributed by atoms with Gasteiger partial charge in [-0.25, -0.2) is 4.39 Å². The van der Waals surface area contributed by atoms with E-state index in [0.29, 0.717) is 5.56 Å². The first-order chi connectivity index (χ1) is 10.0. The van der Waals surface area contributed by atoms with Crippen LogP contribution in [0.15, 0.2) is 18.2 Å². The predicted molar refractivity (Wildman–Crippen MR) is 92.6 cm³/mol. The van der Waals surface area contributed by atoms with Gasteiger partial charge in [0, 0.05) is 24.3 Å². The van der Waals surface area contributed by atoms with Gasteiger partial charge in [0.1, 0.15) is 10.8 Å². The molecule has 0 unspecified atom stereocenters. The van der Waals surface area contributed by atoms with Crippen LogP contribution in [-0.4, -0.2) is 42.6 Å². The lowest BCUT2D eigenvalue weighted by molar-refractivity contribution is 0.301. The average Bonchev–Trinajstić information content (AvgIpc) is 2.48. The third-order valence-electron chi connectivity index (χ3n) is 3.74. The van der Waals surface area contributed by atoms with E-state index in [-0.39, 0.29) is 10.8 Å². The van der Waals surface area contributed by atoms with Crippen LogP contribution in [-0.2, 0) is 0 Å². The summed E-state index contributed by atoms with van der Waals surface area (Å²) in [4.78, 5) is 4.84. The van der Waals surface area contributed by atoms with Gasteiger partial charge in [0.25, 0.3) is 0 Å². The zero-order chi connectivity index (χ0) is 15.8. The van der Waals surface area contributed by atoms with Gasteiger partial charge in [0.2, 0.25) is 0 Å². The van der Waals surface area contributed by atoms with Gasteiger partial charge in [0.05, 0.1) is 0 Å². The second-order valence-corrected chi connectivity index (χ2v) is 5.43. The van der Waals surface area contributed by atoms with E-state index < -0.39 is 0 Å². The number of hydrogen-bond donors (Lipinski definition) is 1. The quantitative estimate of drug-likeness (QED) is 0.711. The number of nitrogens with two attached hydrogens (primary N) is 1. The van der Waals surface area contributed by atoms with Crippen molar-refractivity contribution >= 4 is 22.9 Å². The second-order valence-electron chi connectivity index (χ2n) is 4.99. The van der Waals surface area contributed by atoms with Gasteiger partial charge >= 0.3 is 0 Å². The SMILES string of the molecule is CCN(CC)CCCN(CC)c1ccc(F)cc1C(N)=S. The molecular formula is C16H26FN3S. The fraction of sp³-hybridized carbons (Fsp3) is 0.562. The van der Waals surface area contributed by atoms with Crippen LogP contribution in [0.3, 0.4) is 0 Å². The number of benzene rings is 1. The zero-order valence-corrected chi connectivity index (χ0v) is 14.0. The van der Waals surface area contributed by atoms with Crippen LogP contribution < -0.4 is 10.6 Å². The average molecular weight is 311 g/mol. The number of anilines is 1. The van der Waals surface area contributed by atoms with E-state index in [1.807, 2.05) is 0 Å². The Bertz CT molecular complexity index is 461. The number of nitrogens with zero attached hydrogens (tertiary/aromatic N) is 2. The van der Waals surface area contributed by atoms with Crippen LogP contribution in [0.25, 0.3) is 0 Å².